The Kier molecular flexibility index (Phi) is 4.85. The number of nitriles is 1. The molecule has 3 rings (SSSR count). The molecule has 3 aromatic rings. The lowest BCUT2D eigenvalue weighted by molar-refractivity contribution is -0.139. The second kappa shape index (κ2) is 7.40. The molecule has 1 heterocycles. The van der Waals surface area contributed by atoms with Gasteiger partial charge in [-0.05, 0) is 35.9 Å². The van der Waals surface area contributed by atoms with E-state index in [9.17, 15) is 10.1 Å². The van der Waals surface area contributed by atoms with Crippen molar-refractivity contribution >= 4 is 28.7 Å². The Balaban J connectivity index is 1.93. The molecule has 7 heteroatoms. The summed E-state index contributed by atoms with van der Waals surface area (Å²) in [6.07, 6.45) is 1.61. The summed E-state index contributed by atoms with van der Waals surface area (Å²) in [6, 6.07) is 14.2. The summed E-state index contributed by atoms with van der Waals surface area (Å²) in [5.41, 5.74) is 2.17. The summed E-state index contributed by atoms with van der Waals surface area (Å²) in [7, 11) is 1.45. The van der Waals surface area contributed by atoms with Crippen LogP contribution in [0.5, 0.6) is 11.5 Å². The third-order valence-corrected chi connectivity index (χ3v) is 3.49. The van der Waals surface area contributed by atoms with Crippen molar-refractivity contribution in [2.45, 2.75) is 0 Å². The lowest BCUT2D eigenvalue weighted by Gasteiger charge is -2.09. The van der Waals surface area contributed by atoms with Crippen molar-refractivity contribution < 1.29 is 23.8 Å². The van der Waals surface area contributed by atoms with Crippen LogP contribution in [0.2, 0.25) is 0 Å². The first-order valence-corrected chi connectivity index (χ1v) is 7.61. The van der Waals surface area contributed by atoms with Gasteiger partial charge in [0.1, 0.15) is 17.2 Å². The van der Waals surface area contributed by atoms with E-state index in [4.69, 9.17) is 19.0 Å². The number of para-hydroxylation sites is 2. The molecule has 0 fully saturated rings. The predicted molar refractivity (Wildman–Crippen MR) is 93.6 cm³/mol. The molecule has 0 saturated heterocycles. The Morgan fingerprint density at radius 2 is 2.12 bits per heavy atom. The highest BCUT2D eigenvalue weighted by molar-refractivity contribution is 5.89. The van der Waals surface area contributed by atoms with Crippen LogP contribution in [0.1, 0.15) is 11.5 Å². The first kappa shape index (κ1) is 17.0. The van der Waals surface area contributed by atoms with Crippen molar-refractivity contribution in [1.82, 2.24) is 4.98 Å². The molecule has 0 spiro atoms. The van der Waals surface area contributed by atoms with E-state index in [0.717, 1.165) is 0 Å². The van der Waals surface area contributed by atoms with Crippen LogP contribution in [0.3, 0.4) is 0 Å². The molecular weight excluding hydrogens is 336 g/mol. The van der Waals surface area contributed by atoms with E-state index in [-0.39, 0.29) is 11.5 Å². The van der Waals surface area contributed by atoms with Gasteiger partial charge in [-0.15, -0.1) is 0 Å². The van der Waals surface area contributed by atoms with E-state index in [1.807, 2.05) is 12.1 Å². The van der Waals surface area contributed by atoms with Gasteiger partial charge in [0.25, 0.3) is 0 Å². The number of oxazole rings is 1. The number of rotatable bonds is 6. The zero-order valence-electron chi connectivity index (χ0n) is 13.8. The number of aliphatic carboxylic acids is 1. The number of carbonyl (C=O) groups is 1. The van der Waals surface area contributed by atoms with Gasteiger partial charge in [0.15, 0.2) is 23.7 Å². The molecular formula is C19H14N2O5. The molecule has 0 aliphatic rings. The van der Waals surface area contributed by atoms with Gasteiger partial charge in [0.2, 0.25) is 5.89 Å². The zero-order valence-corrected chi connectivity index (χ0v) is 13.8. The molecule has 0 aliphatic carbocycles. The van der Waals surface area contributed by atoms with Crippen LogP contribution in [0.25, 0.3) is 22.7 Å². The highest BCUT2D eigenvalue weighted by atomic mass is 16.5. The molecule has 0 aliphatic heterocycles. The number of nitrogens with zero attached hydrogens (tertiary/aromatic N) is 2. The van der Waals surface area contributed by atoms with Crippen LogP contribution < -0.4 is 9.47 Å². The van der Waals surface area contributed by atoms with Gasteiger partial charge in [-0.25, -0.2) is 9.78 Å². The fourth-order valence-electron chi connectivity index (χ4n) is 2.33. The molecule has 26 heavy (non-hydrogen) atoms. The molecule has 7 nitrogen and oxygen atoms in total. The maximum atomic E-state index is 10.6. The van der Waals surface area contributed by atoms with Gasteiger partial charge in [-0.1, -0.05) is 18.2 Å². The first-order valence-electron chi connectivity index (χ1n) is 7.61. The molecule has 0 bridgehead atoms. The average Bonchev–Trinajstić information content (AvgIpc) is 3.08. The summed E-state index contributed by atoms with van der Waals surface area (Å²) < 4.78 is 16.0. The molecule has 130 valence electrons. The molecule has 1 N–H and O–H groups in total. The number of allylic oxidation sites excluding steroid dienone is 1. The lowest BCUT2D eigenvalue weighted by atomic mass is 10.1. The van der Waals surface area contributed by atoms with E-state index in [1.165, 1.54) is 7.11 Å². The third kappa shape index (κ3) is 3.65. The number of ether oxygens (including phenoxy) is 2. The number of fused-ring (bicyclic) bond motifs is 1. The second-order valence-electron chi connectivity index (χ2n) is 5.25. The van der Waals surface area contributed by atoms with Crippen molar-refractivity contribution in [2.24, 2.45) is 0 Å². The molecule has 0 radical (unpaired) electrons. The molecule has 0 amide bonds. The van der Waals surface area contributed by atoms with Crippen molar-refractivity contribution in [3.8, 4) is 17.6 Å². The topological polar surface area (TPSA) is 106 Å². The highest BCUT2D eigenvalue weighted by Crippen LogP contribution is 2.30. The Labute approximate surface area is 148 Å². The van der Waals surface area contributed by atoms with E-state index >= 15 is 0 Å². The normalized spacial score (nSPS) is 11.2. The predicted octanol–water partition coefficient (Wildman–Crippen LogP) is 3.36. The summed E-state index contributed by atoms with van der Waals surface area (Å²) in [5, 5.41) is 18.2. The number of methoxy groups -OCH3 is 1. The Morgan fingerprint density at radius 1 is 1.31 bits per heavy atom. The minimum atomic E-state index is -1.08. The van der Waals surface area contributed by atoms with Crippen LogP contribution in [0, 0.1) is 11.3 Å². The number of carboxylic acid groups (broad SMARTS) is 1. The van der Waals surface area contributed by atoms with E-state index in [2.05, 4.69) is 11.1 Å². The van der Waals surface area contributed by atoms with E-state index in [1.54, 1.807) is 36.4 Å². The van der Waals surface area contributed by atoms with Crippen LogP contribution in [-0.2, 0) is 4.79 Å². The monoisotopic (exact) mass is 350 g/mol. The van der Waals surface area contributed by atoms with Gasteiger partial charge in [-0.3, -0.25) is 0 Å². The summed E-state index contributed by atoms with van der Waals surface area (Å²) in [6.45, 7) is -0.474. The third-order valence-electron chi connectivity index (χ3n) is 3.49. The maximum absolute atomic E-state index is 10.6. The van der Waals surface area contributed by atoms with Gasteiger partial charge >= 0.3 is 5.97 Å². The lowest BCUT2D eigenvalue weighted by Crippen LogP contribution is -2.10. The van der Waals surface area contributed by atoms with E-state index in [0.29, 0.717) is 28.2 Å². The van der Waals surface area contributed by atoms with Gasteiger partial charge in [-0.2, -0.15) is 5.26 Å². The van der Waals surface area contributed by atoms with Crippen molar-refractivity contribution in [3.05, 3.63) is 53.9 Å². The van der Waals surface area contributed by atoms with Crippen molar-refractivity contribution in [1.29, 1.82) is 5.26 Å². The van der Waals surface area contributed by atoms with E-state index < -0.39 is 12.6 Å². The standard InChI is InChI=1S/C19H14N2O5/c1-24-17-9-12(6-7-16(17)25-11-18(22)23)8-13(10-20)19-21-14-4-2-3-5-15(14)26-19/h2-9H,11H2,1H3,(H,22,23)/b13-8+. The fraction of sp³-hybridized carbons (Fsp3) is 0.105. The van der Waals surface area contributed by atoms with Gasteiger partial charge in [0, 0.05) is 0 Å². The average molecular weight is 350 g/mol. The Morgan fingerprint density at radius 3 is 2.81 bits per heavy atom. The first-order chi connectivity index (χ1) is 12.6. The fourth-order valence-corrected chi connectivity index (χ4v) is 2.33. The molecule has 0 atom stereocenters. The number of hydrogen-bond donors (Lipinski definition) is 1. The summed E-state index contributed by atoms with van der Waals surface area (Å²) >= 11 is 0. The highest BCUT2D eigenvalue weighted by Gasteiger charge is 2.12. The molecule has 1 aromatic heterocycles. The minimum Gasteiger partial charge on any atom is -0.493 e. The Hall–Kier alpha value is -3.79. The smallest absolute Gasteiger partial charge is 0.341 e. The molecule has 0 unspecified atom stereocenters. The maximum Gasteiger partial charge on any atom is 0.341 e. The molecule has 2 aromatic carbocycles. The number of hydrogen-bond acceptors (Lipinski definition) is 6. The number of aromatic nitrogens is 1. The van der Waals surface area contributed by atoms with Gasteiger partial charge in [0.05, 0.1) is 7.11 Å². The van der Waals surface area contributed by atoms with Crippen LogP contribution in [-0.4, -0.2) is 29.8 Å². The van der Waals surface area contributed by atoms with Gasteiger partial charge < -0.3 is 19.0 Å². The van der Waals surface area contributed by atoms with Crippen molar-refractivity contribution in [2.75, 3.05) is 13.7 Å². The quantitative estimate of drug-likeness (QED) is 0.679. The number of benzene rings is 2. The second-order valence-corrected chi connectivity index (χ2v) is 5.25. The van der Waals surface area contributed by atoms with Crippen molar-refractivity contribution in [3.63, 3.8) is 0 Å². The summed E-state index contributed by atoms with van der Waals surface area (Å²) in [5.74, 6) is -0.208. The Bertz CT molecular complexity index is 997. The van der Waals surface area contributed by atoms with Crippen LogP contribution in [0.4, 0.5) is 0 Å². The SMILES string of the molecule is COc1cc(/C=C(\C#N)c2nc3ccccc3o2)ccc1OCC(=O)O. The molecule has 0 saturated carbocycles. The van der Waals surface area contributed by atoms with Crippen LogP contribution >= 0.6 is 0 Å². The number of carboxylic acids is 1. The summed E-state index contributed by atoms with van der Waals surface area (Å²) in [4.78, 5) is 14.9. The zero-order chi connectivity index (χ0) is 18.5. The minimum absolute atomic E-state index is 0.221. The van der Waals surface area contributed by atoms with Crippen LogP contribution in [0.15, 0.2) is 46.9 Å². The largest absolute Gasteiger partial charge is 0.493 e.